The van der Waals surface area contributed by atoms with Crippen molar-refractivity contribution in [3.05, 3.63) is 82.9 Å². The van der Waals surface area contributed by atoms with Gasteiger partial charge in [-0.25, -0.2) is 0 Å². The van der Waals surface area contributed by atoms with Gasteiger partial charge >= 0.3 is 0 Å². The van der Waals surface area contributed by atoms with Crippen LogP contribution in [0.3, 0.4) is 0 Å². The van der Waals surface area contributed by atoms with E-state index < -0.39 is 0 Å². The predicted octanol–water partition coefficient (Wildman–Crippen LogP) is 5.26. The van der Waals surface area contributed by atoms with Crippen molar-refractivity contribution in [2.45, 2.75) is 13.2 Å². The molecule has 0 saturated carbocycles. The highest BCUT2D eigenvalue weighted by Crippen LogP contribution is 2.34. The van der Waals surface area contributed by atoms with E-state index in [1.165, 1.54) is 0 Å². The molecule has 0 atom stereocenters. The van der Waals surface area contributed by atoms with Gasteiger partial charge in [-0.05, 0) is 35.9 Å². The quantitative estimate of drug-likeness (QED) is 0.645. The Bertz CT molecular complexity index is 913. The number of nitrogens with one attached hydrogen (secondary N) is 1. The van der Waals surface area contributed by atoms with Gasteiger partial charge in [0.15, 0.2) is 11.5 Å². The molecule has 1 N–H and O–H groups in total. The number of ether oxygens (including phenoxy) is 3. The van der Waals surface area contributed by atoms with Crippen LogP contribution in [0.1, 0.15) is 11.1 Å². The first-order valence-corrected chi connectivity index (χ1v) is 8.74. The Morgan fingerprint density at radius 1 is 0.923 bits per heavy atom. The average Bonchev–Trinajstić information content (AvgIpc) is 3.14. The smallest absolute Gasteiger partial charge is 0.231 e. The Balaban J connectivity index is 1.37. The molecule has 4 rings (SSSR count). The second-order valence-electron chi connectivity index (χ2n) is 5.95. The highest BCUT2D eigenvalue weighted by atomic mass is 35.5. The number of anilines is 1. The summed E-state index contributed by atoms with van der Waals surface area (Å²) < 4.78 is 16.6. The van der Waals surface area contributed by atoms with Gasteiger partial charge in [-0.2, -0.15) is 0 Å². The van der Waals surface area contributed by atoms with E-state index in [9.17, 15) is 0 Å². The fraction of sp³-hybridized carbons (Fsp3) is 0.143. The molecule has 0 bridgehead atoms. The summed E-state index contributed by atoms with van der Waals surface area (Å²) in [6.45, 7) is 1.41. The van der Waals surface area contributed by atoms with E-state index in [2.05, 4.69) is 11.4 Å². The molecule has 3 aromatic carbocycles. The summed E-state index contributed by atoms with van der Waals surface area (Å²) in [5, 5.41) is 4.10. The summed E-state index contributed by atoms with van der Waals surface area (Å²) in [6, 6.07) is 21.5. The van der Waals surface area contributed by atoms with Gasteiger partial charge in [0, 0.05) is 28.9 Å². The van der Waals surface area contributed by atoms with Crippen LogP contribution in [-0.2, 0) is 13.2 Å². The molecule has 26 heavy (non-hydrogen) atoms. The van der Waals surface area contributed by atoms with Crippen molar-refractivity contribution in [2.24, 2.45) is 0 Å². The molecule has 4 nitrogen and oxygen atoms in total. The third kappa shape index (κ3) is 3.86. The minimum Gasteiger partial charge on any atom is -0.489 e. The number of benzene rings is 3. The van der Waals surface area contributed by atoms with Crippen LogP contribution in [0.15, 0.2) is 66.7 Å². The van der Waals surface area contributed by atoms with Gasteiger partial charge in [0.1, 0.15) is 12.4 Å². The van der Waals surface area contributed by atoms with E-state index in [1.54, 1.807) is 0 Å². The summed E-state index contributed by atoms with van der Waals surface area (Å²) in [5.74, 6) is 2.37. The van der Waals surface area contributed by atoms with Gasteiger partial charge in [-0.1, -0.05) is 41.9 Å². The van der Waals surface area contributed by atoms with Gasteiger partial charge in [0.25, 0.3) is 0 Å². The fourth-order valence-corrected chi connectivity index (χ4v) is 2.92. The molecule has 5 heteroatoms. The molecule has 1 heterocycles. The Morgan fingerprint density at radius 2 is 1.81 bits per heavy atom. The number of rotatable bonds is 6. The van der Waals surface area contributed by atoms with Crippen molar-refractivity contribution in [3.8, 4) is 17.2 Å². The van der Waals surface area contributed by atoms with E-state index in [4.69, 9.17) is 25.8 Å². The normalized spacial score (nSPS) is 12.0. The molecule has 1 aliphatic rings. The first-order valence-electron chi connectivity index (χ1n) is 8.36. The summed E-state index contributed by atoms with van der Waals surface area (Å²) in [7, 11) is 0. The predicted molar refractivity (Wildman–Crippen MR) is 102 cm³/mol. The molecule has 0 spiro atoms. The summed E-state index contributed by atoms with van der Waals surface area (Å²) in [6.07, 6.45) is 0. The van der Waals surface area contributed by atoms with Crippen LogP contribution in [-0.4, -0.2) is 6.79 Å². The molecular weight excluding hydrogens is 350 g/mol. The zero-order valence-corrected chi connectivity index (χ0v) is 14.8. The summed E-state index contributed by atoms with van der Waals surface area (Å²) in [4.78, 5) is 0. The van der Waals surface area contributed by atoms with Crippen molar-refractivity contribution >= 4 is 17.3 Å². The zero-order chi connectivity index (χ0) is 17.8. The monoisotopic (exact) mass is 367 g/mol. The molecule has 0 radical (unpaired) electrons. The third-order valence-electron chi connectivity index (χ3n) is 4.12. The Morgan fingerprint density at radius 3 is 2.73 bits per heavy atom. The molecule has 0 unspecified atom stereocenters. The van der Waals surface area contributed by atoms with Crippen LogP contribution < -0.4 is 19.5 Å². The molecule has 1 aliphatic heterocycles. The Kier molecular flexibility index (Phi) is 4.84. The molecule has 0 fully saturated rings. The maximum absolute atomic E-state index is 6.17. The number of hydrogen-bond donors (Lipinski definition) is 1. The molecule has 0 aliphatic carbocycles. The van der Waals surface area contributed by atoms with E-state index >= 15 is 0 Å². The molecule has 0 amide bonds. The molecule has 0 saturated heterocycles. The van der Waals surface area contributed by atoms with Gasteiger partial charge in [-0.15, -0.1) is 0 Å². The Labute approximate surface area is 157 Å². The number of halogens is 1. The molecular formula is C21H18ClNO3. The van der Waals surface area contributed by atoms with Crippen molar-refractivity contribution in [1.29, 1.82) is 0 Å². The second-order valence-corrected chi connectivity index (χ2v) is 6.36. The topological polar surface area (TPSA) is 39.7 Å². The minimum absolute atomic E-state index is 0.281. The average molecular weight is 368 g/mol. The fourth-order valence-electron chi connectivity index (χ4n) is 2.73. The van der Waals surface area contributed by atoms with Gasteiger partial charge < -0.3 is 19.5 Å². The van der Waals surface area contributed by atoms with Crippen LogP contribution >= 0.6 is 11.6 Å². The minimum atomic E-state index is 0.281. The summed E-state index contributed by atoms with van der Waals surface area (Å²) in [5.41, 5.74) is 3.08. The van der Waals surface area contributed by atoms with E-state index in [1.807, 2.05) is 60.7 Å². The Hall–Kier alpha value is -2.85. The summed E-state index contributed by atoms with van der Waals surface area (Å²) >= 11 is 6.17. The van der Waals surface area contributed by atoms with E-state index in [0.29, 0.717) is 18.2 Å². The standard InChI is InChI=1S/C21H18ClNO3/c22-19-7-2-1-5-16(19)13-24-18-6-3-4-15(10-18)12-23-17-8-9-20-21(11-17)26-14-25-20/h1-11,23H,12-14H2. The molecule has 132 valence electrons. The first-order chi connectivity index (χ1) is 12.8. The lowest BCUT2D eigenvalue weighted by molar-refractivity contribution is 0.174. The highest BCUT2D eigenvalue weighted by molar-refractivity contribution is 6.31. The van der Waals surface area contributed by atoms with Gasteiger partial charge in [0.05, 0.1) is 0 Å². The van der Waals surface area contributed by atoms with Gasteiger partial charge in [-0.3, -0.25) is 0 Å². The maximum atomic E-state index is 6.17. The SMILES string of the molecule is Clc1ccccc1COc1cccc(CNc2ccc3c(c2)OCO3)c1. The molecule has 3 aromatic rings. The molecule has 0 aromatic heterocycles. The van der Waals surface area contributed by atoms with Crippen LogP contribution in [0.2, 0.25) is 5.02 Å². The zero-order valence-electron chi connectivity index (χ0n) is 14.1. The van der Waals surface area contributed by atoms with E-state index in [-0.39, 0.29) is 6.79 Å². The second kappa shape index (κ2) is 7.58. The van der Waals surface area contributed by atoms with Crippen LogP contribution in [0, 0.1) is 0 Å². The third-order valence-corrected chi connectivity index (χ3v) is 4.49. The maximum Gasteiger partial charge on any atom is 0.231 e. The highest BCUT2D eigenvalue weighted by Gasteiger charge is 2.13. The number of fused-ring (bicyclic) bond motifs is 1. The van der Waals surface area contributed by atoms with Crippen molar-refractivity contribution in [2.75, 3.05) is 12.1 Å². The number of hydrogen-bond acceptors (Lipinski definition) is 4. The lowest BCUT2D eigenvalue weighted by atomic mass is 10.2. The van der Waals surface area contributed by atoms with Crippen LogP contribution in [0.4, 0.5) is 5.69 Å². The lowest BCUT2D eigenvalue weighted by Gasteiger charge is -2.11. The van der Waals surface area contributed by atoms with E-state index in [0.717, 1.165) is 34.1 Å². The van der Waals surface area contributed by atoms with Crippen molar-refractivity contribution in [1.82, 2.24) is 0 Å². The van der Waals surface area contributed by atoms with Crippen LogP contribution in [0.25, 0.3) is 0 Å². The van der Waals surface area contributed by atoms with Crippen molar-refractivity contribution in [3.63, 3.8) is 0 Å². The first kappa shape index (κ1) is 16.6. The van der Waals surface area contributed by atoms with Crippen LogP contribution in [0.5, 0.6) is 17.2 Å². The lowest BCUT2D eigenvalue weighted by Crippen LogP contribution is -2.01. The van der Waals surface area contributed by atoms with Gasteiger partial charge in [0.2, 0.25) is 6.79 Å². The largest absolute Gasteiger partial charge is 0.489 e. The van der Waals surface area contributed by atoms with Crippen molar-refractivity contribution < 1.29 is 14.2 Å².